The van der Waals surface area contributed by atoms with E-state index in [0.717, 1.165) is 13.1 Å². The van der Waals surface area contributed by atoms with E-state index in [9.17, 15) is 4.79 Å². The fraction of sp³-hybridized carbons (Fsp3) is 0.562. The van der Waals surface area contributed by atoms with Crippen LogP contribution in [0.5, 0.6) is 0 Å². The number of aryl methyl sites for hydroxylation is 2. The van der Waals surface area contributed by atoms with Gasteiger partial charge in [-0.3, -0.25) is 4.90 Å². The maximum absolute atomic E-state index is 10.6. The Labute approximate surface area is 120 Å². The Morgan fingerprint density at radius 3 is 2.70 bits per heavy atom. The normalized spacial score (nSPS) is 19.4. The second-order valence-corrected chi connectivity index (χ2v) is 6.07. The minimum Gasteiger partial charge on any atom is -0.480 e. The van der Waals surface area contributed by atoms with E-state index in [1.165, 1.54) is 16.7 Å². The number of rotatable bonds is 5. The molecule has 1 aliphatic heterocycles. The number of carboxylic acids is 1. The minimum atomic E-state index is -0.910. The summed E-state index contributed by atoms with van der Waals surface area (Å²) in [7, 11) is 0. The molecule has 1 aliphatic rings. The third-order valence-electron chi connectivity index (χ3n) is 4.05. The lowest BCUT2D eigenvalue weighted by Crippen LogP contribution is -2.62. The van der Waals surface area contributed by atoms with Crippen LogP contribution in [-0.4, -0.2) is 41.3 Å². The number of benzene rings is 1. The molecule has 0 aliphatic carbocycles. The Morgan fingerprint density at radius 1 is 1.45 bits per heavy atom. The van der Waals surface area contributed by atoms with E-state index < -0.39 is 5.97 Å². The number of carboxylic acid groups (broad SMARTS) is 1. The molecule has 4 heteroatoms. The van der Waals surface area contributed by atoms with E-state index in [0.29, 0.717) is 6.04 Å². The molecule has 2 rings (SSSR count). The average molecular weight is 277 g/mol. The van der Waals surface area contributed by atoms with Crippen molar-refractivity contribution in [3.05, 3.63) is 34.9 Å². The van der Waals surface area contributed by atoms with Gasteiger partial charge < -0.3 is 9.84 Å². The lowest BCUT2D eigenvalue weighted by atomic mass is 9.90. The van der Waals surface area contributed by atoms with Crippen molar-refractivity contribution in [2.45, 2.75) is 39.3 Å². The van der Waals surface area contributed by atoms with E-state index in [-0.39, 0.29) is 12.2 Å². The van der Waals surface area contributed by atoms with Crippen molar-refractivity contribution in [2.24, 2.45) is 0 Å². The van der Waals surface area contributed by atoms with Crippen LogP contribution in [0.1, 0.15) is 36.6 Å². The van der Waals surface area contributed by atoms with Gasteiger partial charge in [-0.2, -0.15) is 0 Å². The zero-order valence-electron chi connectivity index (χ0n) is 12.6. The first kappa shape index (κ1) is 15.0. The third kappa shape index (κ3) is 3.19. The number of aliphatic carboxylic acids is 1. The van der Waals surface area contributed by atoms with Gasteiger partial charge in [0.2, 0.25) is 0 Å². The monoisotopic (exact) mass is 277 g/mol. The average Bonchev–Trinajstić information content (AvgIpc) is 2.35. The highest BCUT2D eigenvalue weighted by molar-refractivity contribution is 5.68. The first-order valence-electron chi connectivity index (χ1n) is 6.98. The van der Waals surface area contributed by atoms with Gasteiger partial charge in [-0.25, -0.2) is 4.79 Å². The van der Waals surface area contributed by atoms with Crippen LogP contribution in [0.15, 0.2) is 18.2 Å². The Bertz CT molecular complexity index is 506. The van der Waals surface area contributed by atoms with Gasteiger partial charge in [0.05, 0.1) is 5.60 Å². The molecule has 0 saturated carbocycles. The van der Waals surface area contributed by atoms with Crippen LogP contribution in [0, 0.1) is 13.8 Å². The highest BCUT2D eigenvalue weighted by Gasteiger charge is 2.42. The molecule has 1 fully saturated rings. The van der Waals surface area contributed by atoms with E-state index in [4.69, 9.17) is 9.84 Å². The van der Waals surface area contributed by atoms with Gasteiger partial charge in [0, 0.05) is 19.1 Å². The summed E-state index contributed by atoms with van der Waals surface area (Å²) in [5.74, 6) is -0.910. The molecule has 0 spiro atoms. The number of likely N-dealkylation sites (tertiary alicyclic amines) is 1. The van der Waals surface area contributed by atoms with Crippen LogP contribution in [0.2, 0.25) is 0 Å². The molecule has 110 valence electrons. The highest BCUT2D eigenvalue weighted by atomic mass is 16.5. The number of hydrogen-bond acceptors (Lipinski definition) is 3. The van der Waals surface area contributed by atoms with Gasteiger partial charge in [0.1, 0.15) is 6.61 Å². The topological polar surface area (TPSA) is 49.8 Å². The molecular formula is C16H23NO3. The first-order chi connectivity index (χ1) is 9.31. The summed E-state index contributed by atoms with van der Waals surface area (Å²) in [6.45, 7) is 9.73. The van der Waals surface area contributed by atoms with Crippen LogP contribution in [0.25, 0.3) is 0 Å². The molecule has 1 heterocycles. The fourth-order valence-corrected chi connectivity index (χ4v) is 2.82. The van der Waals surface area contributed by atoms with Gasteiger partial charge in [-0.1, -0.05) is 23.8 Å². The summed E-state index contributed by atoms with van der Waals surface area (Å²) in [5.41, 5.74) is 3.57. The van der Waals surface area contributed by atoms with Gasteiger partial charge in [0.25, 0.3) is 0 Å². The molecule has 0 aromatic heterocycles. The number of carbonyl (C=O) groups is 1. The Kier molecular flexibility index (Phi) is 4.16. The fourth-order valence-electron chi connectivity index (χ4n) is 2.82. The molecular weight excluding hydrogens is 254 g/mol. The van der Waals surface area contributed by atoms with Crippen LogP contribution >= 0.6 is 0 Å². The van der Waals surface area contributed by atoms with E-state index in [2.05, 4.69) is 43.9 Å². The number of hydrogen-bond donors (Lipinski definition) is 1. The summed E-state index contributed by atoms with van der Waals surface area (Å²) < 4.78 is 5.46. The minimum absolute atomic E-state index is 0.220. The Balaban J connectivity index is 1.98. The van der Waals surface area contributed by atoms with Crippen LogP contribution < -0.4 is 0 Å². The number of nitrogens with zero attached hydrogens (tertiary/aromatic N) is 1. The summed E-state index contributed by atoms with van der Waals surface area (Å²) in [6.07, 6.45) is 0. The predicted molar refractivity (Wildman–Crippen MR) is 77.9 cm³/mol. The molecule has 0 amide bonds. The predicted octanol–water partition coefficient (Wildman–Crippen LogP) is 2.54. The van der Waals surface area contributed by atoms with E-state index in [1.807, 2.05) is 6.92 Å². The Morgan fingerprint density at radius 2 is 2.10 bits per heavy atom. The lowest BCUT2D eigenvalue weighted by molar-refractivity contribution is -0.169. The summed E-state index contributed by atoms with van der Waals surface area (Å²) >= 11 is 0. The van der Waals surface area contributed by atoms with Gasteiger partial charge >= 0.3 is 5.97 Å². The largest absolute Gasteiger partial charge is 0.480 e. The van der Waals surface area contributed by atoms with Crippen molar-refractivity contribution < 1.29 is 14.6 Å². The molecule has 1 saturated heterocycles. The SMILES string of the molecule is Cc1ccc(C)c(C(C)N2CC(C)(OCC(=O)O)C2)c1. The summed E-state index contributed by atoms with van der Waals surface area (Å²) in [6, 6.07) is 6.84. The zero-order valence-corrected chi connectivity index (χ0v) is 12.6. The quantitative estimate of drug-likeness (QED) is 0.898. The molecule has 0 bridgehead atoms. The lowest BCUT2D eigenvalue weighted by Gasteiger charge is -2.50. The molecule has 1 aromatic carbocycles. The van der Waals surface area contributed by atoms with E-state index in [1.54, 1.807) is 0 Å². The third-order valence-corrected chi connectivity index (χ3v) is 4.05. The zero-order chi connectivity index (χ0) is 14.9. The van der Waals surface area contributed by atoms with Gasteiger partial charge in [-0.05, 0) is 38.8 Å². The molecule has 1 aromatic rings. The molecule has 1 atom stereocenters. The van der Waals surface area contributed by atoms with E-state index >= 15 is 0 Å². The Hall–Kier alpha value is -1.39. The van der Waals surface area contributed by atoms with Crippen molar-refractivity contribution in [1.29, 1.82) is 0 Å². The van der Waals surface area contributed by atoms with Gasteiger partial charge in [0.15, 0.2) is 0 Å². The van der Waals surface area contributed by atoms with Crippen LogP contribution in [-0.2, 0) is 9.53 Å². The molecule has 4 nitrogen and oxygen atoms in total. The van der Waals surface area contributed by atoms with Crippen molar-refractivity contribution in [3.8, 4) is 0 Å². The highest BCUT2D eigenvalue weighted by Crippen LogP contribution is 2.34. The smallest absolute Gasteiger partial charge is 0.329 e. The van der Waals surface area contributed by atoms with Crippen LogP contribution in [0.3, 0.4) is 0 Å². The molecule has 0 radical (unpaired) electrons. The summed E-state index contributed by atoms with van der Waals surface area (Å²) in [4.78, 5) is 12.9. The standard InChI is InChI=1S/C16H23NO3/c1-11-5-6-12(2)14(7-11)13(3)17-9-16(4,10-17)20-8-15(18)19/h5-7,13H,8-10H2,1-4H3,(H,18,19). The maximum atomic E-state index is 10.6. The first-order valence-corrected chi connectivity index (χ1v) is 6.98. The second-order valence-electron chi connectivity index (χ2n) is 6.07. The summed E-state index contributed by atoms with van der Waals surface area (Å²) in [5, 5.41) is 8.68. The molecule has 20 heavy (non-hydrogen) atoms. The van der Waals surface area contributed by atoms with Crippen molar-refractivity contribution in [3.63, 3.8) is 0 Å². The second kappa shape index (κ2) is 5.54. The maximum Gasteiger partial charge on any atom is 0.329 e. The van der Waals surface area contributed by atoms with Crippen molar-refractivity contribution in [2.75, 3.05) is 19.7 Å². The van der Waals surface area contributed by atoms with Gasteiger partial charge in [-0.15, -0.1) is 0 Å². The van der Waals surface area contributed by atoms with Crippen LogP contribution in [0.4, 0.5) is 0 Å². The molecule has 1 N–H and O–H groups in total. The molecule has 1 unspecified atom stereocenters. The van der Waals surface area contributed by atoms with Crippen molar-refractivity contribution in [1.82, 2.24) is 4.90 Å². The number of ether oxygens (including phenoxy) is 1. The van der Waals surface area contributed by atoms with Crippen molar-refractivity contribution >= 4 is 5.97 Å².